The number of allylic oxidation sites excluding steroid dienone is 4. The van der Waals surface area contributed by atoms with Crippen LogP contribution in [0.5, 0.6) is 29.0 Å². The number of unbranched alkanes of at least 4 members (excludes halogenated alkanes) is 4. The van der Waals surface area contributed by atoms with Crippen molar-refractivity contribution in [2.75, 3.05) is 67.8 Å². The zero-order valence-electron chi connectivity index (χ0n) is 55.4. The van der Waals surface area contributed by atoms with Gasteiger partial charge in [-0.1, -0.05) is 24.3 Å². The standard InChI is InChI=1S/C36H48N2O7.C23H35NO5.C13H15NO3/c1-8-12-13-14-17-38(6)34(40)28-19-25(18-27(28)29(39)22-36(21-24(36)9-2)35(41)44-11-4)45-31-20-32(43-10-3)37-33-23(5)30(42-7)16-15-26(31)33;1-5-8-9-10-11-24(4)21(27)19-13-17(25)12-18(19)20(26)15-23(14-16(23)6-2)22(28)29-7-3;1-4-17-12-7-10(15)9-5-6-11(16-3)8(2)13(9)14-12/h8-9,15-16,20,24-25,27-28H,1-2,10-14,17-19,21-22H2,3-7H3;5-6,16-19,25H,1-2,7-15H2,3-4H3;5-7H,4H2,1-3H3,(H,14,15)/t24-,25-,27-,28-,36-;16-,17+,18-,19-,23-;/m11./s1. The number of fused-ring (bicyclic) bond motifs is 2. The van der Waals surface area contributed by atoms with Gasteiger partial charge in [-0.15, -0.1) is 26.3 Å². The molecule has 4 saturated carbocycles. The highest BCUT2D eigenvalue weighted by Crippen LogP contribution is 2.59. The van der Waals surface area contributed by atoms with Crippen LogP contribution in [0.4, 0.5) is 0 Å². The second-order valence-corrected chi connectivity index (χ2v) is 24.4. The molecule has 4 aromatic rings. The van der Waals surface area contributed by atoms with E-state index in [2.05, 4.69) is 31.3 Å². The first kappa shape index (κ1) is 72.3. The molecule has 19 heteroatoms. The fraction of sp³-hybridized carbons (Fsp3) is 0.556. The summed E-state index contributed by atoms with van der Waals surface area (Å²) in [6.45, 7) is 28.9. The highest BCUT2D eigenvalue weighted by atomic mass is 16.5. The molecule has 2 aromatic heterocycles. The quantitative estimate of drug-likeness (QED) is 0.0262. The number of aryl methyl sites for hydroxylation is 2. The van der Waals surface area contributed by atoms with E-state index in [1.165, 1.54) is 6.07 Å². The van der Waals surface area contributed by atoms with Crippen LogP contribution in [0.1, 0.15) is 129 Å². The minimum atomic E-state index is -0.901. The van der Waals surface area contributed by atoms with Crippen molar-refractivity contribution in [2.45, 2.75) is 144 Å². The molecule has 10 atom stereocenters. The van der Waals surface area contributed by atoms with Crippen LogP contribution in [0.3, 0.4) is 0 Å². The number of H-pyrrole nitrogens is 1. The first-order valence-electron chi connectivity index (χ1n) is 32.3. The van der Waals surface area contributed by atoms with Gasteiger partial charge < -0.3 is 53.0 Å². The van der Waals surface area contributed by atoms with Gasteiger partial charge >= 0.3 is 11.9 Å². The Hall–Kier alpha value is -7.80. The number of amides is 2. The number of hydrogen-bond acceptors (Lipinski definition) is 16. The number of nitrogens with one attached hydrogen (secondary N) is 1. The summed E-state index contributed by atoms with van der Waals surface area (Å²) in [4.78, 5) is 102. The monoisotopic (exact) mass is 1260 g/mol. The van der Waals surface area contributed by atoms with Gasteiger partial charge in [0.25, 0.3) is 0 Å². The molecule has 496 valence electrons. The summed E-state index contributed by atoms with van der Waals surface area (Å²) in [7, 11) is 6.77. The fourth-order valence-electron chi connectivity index (χ4n) is 13.1. The molecular weight excluding hydrogens is 1160 g/mol. The Kier molecular flexibility index (Phi) is 26.6. The number of Topliss-reactive ketones (excluding diaryl/α,β-unsaturated/α-hetero) is 2. The summed E-state index contributed by atoms with van der Waals surface area (Å²) in [6.07, 6.45) is 14.0. The number of pyridine rings is 2. The van der Waals surface area contributed by atoms with Crippen LogP contribution in [-0.4, -0.2) is 140 Å². The molecule has 2 aromatic carbocycles. The van der Waals surface area contributed by atoms with Crippen LogP contribution in [-0.2, 0) is 38.2 Å². The summed E-state index contributed by atoms with van der Waals surface area (Å²) in [5.41, 5.74) is 1.44. The number of carbonyl (C=O) groups is 6. The fourth-order valence-corrected chi connectivity index (χ4v) is 13.1. The molecule has 8 rings (SSSR count). The lowest BCUT2D eigenvalue weighted by Crippen LogP contribution is -2.38. The number of esters is 2. The van der Waals surface area contributed by atoms with Crippen molar-refractivity contribution in [3.05, 3.63) is 108 Å². The van der Waals surface area contributed by atoms with Gasteiger partial charge in [-0.3, -0.25) is 33.6 Å². The molecule has 19 nitrogen and oxygen atoms in total. The van der Waals surface area contributed by atoms with E-state index < -0.39 is 46.7 Å². The number of nitrogens with zero attached hydrogens (tertiary/aromatic N) is 3. The van der Waals surface area contributed by atoms with Crippen LogP contribution in [0.2, 0.25) is 0 Å². The lowest BCUT2D eigenvalue weighted by atomic mass is 9.84. The van der Waals surface area contributed by atoms with Crippen LogP contribution >= 0.6 is 0 Å². The third-order valence-electron chi connectivity index (χ3n) is 18.4. The maximum absolute atomic E-state index is 14.0. The molecule has 0 radical (unpaired) electrons. The van der Waals surface area contributed by atoms with Crippen molar-refractivity contribution in [1.82, 2.24) is 19.8 Å². The van der Waals surface area contributed by atoms with Gasteiger partial charge in [-0.05, 0) is 155 Å². The number of ketones is 2. The van der Waals surface area contributed by atoms with E-state index >= 15 is 0 Å². The molecule has 2 heterocycles. The first-order valence-corrected chi connectivity index (χ1v) is 32.3. The summed E-state index contributed by atoms with van der Waals surface area (Å²) in [5.74, 6) is -0.596. The van der Waals surface area contributed by atoms with Crippen LogP contribution in [0.15, 0.2) is 91.8 Å². The molecule has 0 unspecified atom stereocenters. The average molecular weight is 1260 g/mol. The van der Waals surface area contributed by atoms with Gasteiger partial charge in [0.05, 0.1) is 80.5 Å². The summed E-state index contributed by atoms with van der Waals surface area (Å²) in [5, 5.41) is 11.6. The summed E-state index contributed by atoms with van der Waals surface area (Å²) < 4.78 is 39.0. The molecule has 91 heavy (non-hydrogen) atoms. The van der Waals surface area contributed by atoms with E-state index in [1.807, 2.05) is 52.0 Å². The smallest absolute Gasteiger partial charge is 0.313 e. The van der Waals surface area contributed by atoms with Gasteiger partial charge in [0, 0.05) is 85.9 Å². The van der Waals surface area contributed by atoms with Crippen molar-refractivity contribution in [3.8, 4) is 29.0 Å². The van der Waals surface area contributed by atoms with E-state index in [0.717, 1.165) is 66.3 Å². The number of rotatable bonds is 32. The Labute approximate surface area is 536 Å². The number of methoxy groups -OCH3 is 2. The number of aromatic amines is 1. The number of aliphatic hydroxyl groups excluding tert-OH is 1. The minimum absolute atomic E-state index is 0.0262. The van der Waals surface area contributed by atoms with Crippen LogP contribution in [0, 0.1) is 60.2 Å². The molecule has 0 aliphatic heterocycles. The molecule has 0 bridgehead atoms. The first-order chi connectivity index (χ1) is 43.6. The Morgan fingerprint density at radius 1 is 0.637 bits per heavy atom. The van der Waals surface area contributed by atoms with Crippen molar-refractivity contribution >= 4 is 57.1 Å². The number of benzene rings is 2. The third-order valence-corrected chi connectivity index (χ3v) is 18.4. The van der Waals surface area contributed by atoms with Crippen molar-refractivity contribution < 1.29 is 67.0 Å². The van der Waals surface area contributed by atoms with Crippen molar-refractivity contribution in [3.63, 3.8) is 0 Å². The summed E-state index contributed by atoms with van der Waals surface area (Å²) >= 11 is 0. The van der Waals surface area contributed by atoms with E-state index in [1.54, 1.807) is 82.3 Å². The van der Waals surface area contributed by atoms with E-state index in [9.17, 15) is 38.7 Å². The van der Waals surface area contributed by atoms with Crippen molar-refractivity contribution in [2.24, 2.45) is 46.3 Å². The van der Waals surface area contributed by atoms with Crippen LogP contribution < -0.4 is 29.1 Å². The number of carbonyl (C=O) groups excluding carboxylic acids is 6. The normalized spacial score (nSPS) is 23.4. The number of hydrogen-bond donors (Lipinski definition) is 2. The maximum atomic E-state index is 14.0. The predicted molar refractivity (Wildman–Crippen MR) is 351 cm³/mol. The SMILES string of the molecule is C=CCCCCN(C)C(=O)[C@@H]1C[C@@H](O)C[C@H]1C(=O)C[C@]1(C(=O)OCC)C[C@H]1C=C.C=CCCCCN(C)C(=O)[C@@H]1C[C@H](Oc2cc(OCC)nc3c(C)c(OC)ccc23)C[C@H]1C(=O)C[C@]1(C(=O)OCC)C[C@H]1C=C.CCOc1cc(=O)c2ccc(OC)c(C)c2[nH]1. The highest BCUT2D eigenvalue weighted by molar-refractivity contribution is 5.96. The van der Waals surface area contributed by atoms with E-state index in [4.69, 9.17) is 38.1 Å². The minimum Gasteiger partial charge on any atom is -0.496 e. The summed E-state index contributed by atoms with van der Waals surface area (Å²) in [6, 6.07) is 10.6. The molecule has 2 amide bonds. The molecule has 4 fully saturated rings. The molecule has 0 spiro atoms. The molecule has 4 aliphatic carbocycles. The number of aromatic nitrogens is 2. The number of aliphatic hydroxyl groups is 1. The largest absolute Gasteiger partial charge is 0.496 e. The second-order valence-electron chi connectivity index (χ2n) is 24.4. The molecule has 0 saturated heterocycles. The Bertz CT molecular complexity index is 3320. The lowest BCUT2D eigenvalue weighted by molar-refractivity contribution is -0.153. The van der Waals surface area contributed by atoms with Gasteiger partial charge in [0.1, 0.15) is 34.9 Å². The van der Waals surface area contributed by atoms with Gasteiger partial charge in [-0.2, -0.15) is 0 Å². The predicted octanol–water partition coefficient (Wildman–Crippen LogP) is 11.4. The van der Waals surface area contributed by atoms with Crippen molar-refractivity contribution in [1.29, 1.82) is 0 Å². The third kappa shape index (κ3) is 17.4. The zero-order chi connectivity index (χ0) is 66.7. The Balaban J connectivity index is 0.000000243. The molecule has 4 aliphatic rings. The average Bonchev–Trinajstić information content (AvgIpc) is 1.61. The van der Waals surface area contributed by atoms with E-state index in [-0.39, 0.29) is 85.1 Å². The zero-order valence-corrected chi connectivity index (χ0v) is 55.4. The Morgan fingerprint density at radius 3 is 1.60 bits per heavy atom. The maximum Gasteiger partial charge on any atom is 0.313 e. The van der Waals surface area contributed by atoms with E-state index in [0.29, 0.717) is 92.6 Å². The highest BCUT2D eigenvalue weighted by Gasteiger charge is 2.63. The Morgan fingerprint density at radius 2 is 1.12 bits per heavy atom. The number of ether oxygens (including phenoxy) is 7. The van der Waals surface area contributed by atoms with Crippen LogP contribution in [0.25, 0.3) is 21.8 Å². The second kappa shape index (κ2) is 33.5. The van der Waals surface area contributed by atoms with Gasteiger partial charge in [-0.25, -0.2) is 4.98 Å². The van der Waals surface area contributed by atoms with Gasteiger partial charge in [0.15, 0.2) is 11.3 Å². The molecular formula is C72H98N4O15. The lowest BCUT2D eigenvalue weighted by Gasteiger charge is -2.25. The molecule has 2 N–H and O–H groups in total. The topological polar surface area (TPSA) is 239 Å². The van der Waals surface area contributed by atoms with Gasteiger partial charge in [0.2, 0.25) is 17.7 Å².